The van der Waals surface area contributed by atoms with E-state index in [1.807, 2.05) is 12.1 Å². The van der Waals surface area contributed by atoms with E-state index in [0.717, 1.165) is 18.8 Å². The van der Waals surface area contributed by atoms with Crippen LogP contribution in [0.3, 0.4) is 0 Å². The van der Waals surface area contributed by atoms with E-state index in [9.17, 15) is 0 Å². The lowest BCUT2D eigenvalue weighted by atomic mass is 10.1. The molecule has 1 aromatic carbocycles. The van der Waals surface area contributed by atoms with Crippen LogP contribution in [0.5, 0.6) is 5.75 Å². The van der Waals surface area contributed by atoms with Gasteiger partial charge in [-0.2, -0.15) is 0 Å². The van der Waals surface area contributed by atoms with Crippen LogP contribution < -0.4 is 4.74 Å². The predicted molar refractivity (Wildman–Crippen MR) is 87.2 cm³/mol. The lowest BCUT2D eigenvalue weighted by Gasteiger charge is -2.11. The van der Waals surface area contributed by atoms with Crippen LogP contribution in [0.4, 0.5) is 0 Å². The van der Waals surface area contributed by atoms with Crippen molar-refractivity contribution < 1.29 is 14.2 Å². The van der Waals surface area contributed by atoms with Gasteiger partial charge in [-0.25, -0.2) is 0 Å². The summed E-state index contributed by atoms with van der Waals surface area (Å²) >= 11 is 0. The zero-order valence-corrected chi connectivity index (χ0v) is 13.8. The molecule has 0 bridgehead atoms. The third kappa shape index (κ3) is 8.08. The molecule has 0 atom stereocenters. The van der Waals surface area contributed by atoms with Gasteiger partial charge >= 0.3 is 0 Å². The monoisotopic (exact) mass is 294 g/mol. The van der Waals surface area contributed by atoms with Crippen LogP contribution in [0.2, 0.25) is 0 Å². The molecule has 0 radical (unpaired) electrons. The van der Waals surface area contributed by atoms with Crippen molar-refractivity contribution in [3.05, 3.63) is 29.3 Å². The Labute approximate surface area is 129 Å². The summed E-state index contributed by atoms with van der Waals surface area (Å²) in [7, 11) is 0. The smallest absolute Gasteiger partial charge is 0.122 e. The van der Waals surface area contributed by atoms with Crippen molar-refractivity contribution in [2.24, 2.45) is 0 Å². The van der Waals surface area contributed by atoms with Crippen molar-refractivity contribution in [2.45, 2.75) is 46.5 Å². The van der Waals surface area contributed by atoms with Gasteiger partial charge < -0.3 is 14.2 Å². The SMILES string of the molecule is CCCCCCOCCOCCOc1cccc(C)c1C. The fraction of sp³-hybridized carbons (Fsp3) is 0.667. The molecule has 0 aliphatic rings. The molecule has 21 heavy (non-hydrogen) atoms. The molecule has 120 valence electrons. The van der Waals surface area contributed by atoms with E-state index in [-0.39, 0.29) is 0 Å². The van der Waals surface area contributed by atoms with E-state index in [1.54, 1.807) is 0 Å². The van der Waals surface area contributed by atoms with Crippen molar-refractivity contribution in [1.82, 2.24) is 0 Å². The number of ether oxygens (including phenoxy) is 3. The molecule has 0 amide bonds. The fourth-order valence-electron chi connectivity index (χ4n) is 2.04. The molecule has 0 saturated heterocycles. The van der Waals surface area contributed by atoms with Gasteiger partial charge in [0.05, 0.1) is 19.8 Å². The molecule has 0 aliphatic heterocycles. The second kappa shape index (κ2) is 11.6. The number of unbranched alkanes of at least 4 members (excludes halogenated alkanes) is 3. The Morgan fingerprint density at radius 1 is 0.810 bits per heavy atom. The van der Waals surface area contributed by atoms with Gasteiger partial charge in [-0.3, -0.25) is 0 Å². The van der Waals surface area contributed by atoms with E-state index in [2.05, 4.69) is 26.8 Å². The third-order valence-corrected chi connectivity index (χ3v) is 3.55. The quantitative estimate of drug-likeness (QED) is 0.538. The molecular formula is C18H30O3. The van der Waals surface area contributed by atoms with Gasteiger partial charge in [0.1, 0.15) is 12.4 Å². The van der Waals surface area contributed by atoms with Gasteiger partial charge in [0.15, 0.2) is 0 Å². The van der Waals surface area contributed by atoms with Gasteiger partial charge in [0.25, 0.3) is 0 Å². The van der Waals surface area contributed by atoms with Gasteiger partial charge in [0, 0.05) is 6.61 Å². The lowest BCUT2D eigenvalue weighted by Crippen LogP contribution is -2.11. The molecular weight excluding hydrogens is 264 g/mol. The van der Waals surface area contributed by atoms with Gasteiger partial charge in [-0.15, -0.1) is 0 Å². The standard InChI is InChI=1S/C18H30O3/c1-4-5-6-7-11-19-12-13-20-14-15-21-18-10-8-9-16(2)17(18)3/h8-10H,4-7,11-15H2,1-3H3. The normalized spacial score (nSPS) is 10.8. The summed E-state index contributed by atoms with van der Waals surface area (Å²) in [5, 5.41) is 0. The molecule has 1 rings (SSSR count). The largest absolute Gasteiger partial charge is 0.491 e. The van der Waals surface area contributed by atoms with Crippen LogP contribution in [-0.2, 0) is 9.47 Å². The van der Waals surface area contributed by atoms with Gasteiger partial charge in [0.2, 0.25) is 0 Å². The minimum atomic E-state index is 0.584. The first-order chi connectivity index (χ1) is 10.3. The highest BCUT2D eigenvalue weighted by Gasteiger charge is 2.01. The summed E-state index contributed by atoms with van der Waals surface area (Å²) in [5.74, 6) is 0.950. The Bertz CT molecular complexity index is 377. The molecule has 0 spiro atoms. The highest BCUT2D eigenvalue weighted by molar-refractivity contribution is 5.38. The van der Waals surface area contributed by atoms with Crippen LogP contribution in [0.1, 0.15) is 43.7 Å². The predicted octanol–water partition coefficient (Wildman–Crippen LogP) is 4.30. The Morgan fingerprint density at radius 2 is 1.52 bits per heavy atom. The first kappa shape index (κ1) is 18.0. The molecule has 0 aliphatic carbocycles. The maximum atomic E-state index is 5.72. The van der Waals surface area contributed by atoms with E-state index < -0.39 is 0 Å². The average Bonchev–Trinajstić information content (AvgIpc) is 2.49. The Hall–Kier alpha value is -1.06. The van der Waals surface area contributed by atoms with Crippen molar-refractivity contribution in [3.8, 4) is 5.75 Å². The number of benzene rings is 1. The van der Waals surface area contributed by atoms with Crippen LogP contribution in [0, 0.1) is 13.8 Å². The lowest BCUT2D eigenvalue weighted by molar-refractivity contribution is 0.0351. The highest BCUT2D eigenvalue weighted by atomic mass is 16.5. The summed E-state index contributed by atoms with van der Waals surface area (Å²) in [4.78, 5) is 0. The summed E-state index contributed by atoms with van der Waals surface area (Å²) in [6.45, 7) is 9.75. The minimum Gasteiger partial charge on any atom is -0.491 e. The Morgan fingerprint density at radius 3 is 2.29 bits per heavy atom. The maximum Gasteiger partial charge on any atom is 0.122 e. The molecule has 0 N–H and O–H groups in total. The van der Waals surface area contributed by atoms with E-state index in [0.29, 0.717) is 26.4 Å². The summed E-state index contributed by atoms with van der Waals surface area (Å²) in [6, 6.07) is 6.11. The minimum absolute atomic E-state index is 0.584. The van der Waals surface area contributed by atoms with Crippen LogP contribution in [-0.4, -0.2) is 33.0 Å². The number of hydrogen-bond donors (Lipinski definition) is 0. The zero-order valence-electron chi connectivity index (χ0n) is 13.8. The number of aryl methyl sites for hydroxylation is 1. The second-order valence-corrected chi connectivity index (χ2v) is 5.33. The molecule has 0 heterocycles. The fourth-order valence-corrected chi connectivity index (χ4v) is 2.04. The number of rotatable bonds is 12. The van der Waals surface area contributed by atoms with Gasteiger partial charge in [-0.05, 0) is 37.5 Å². The molecule has 3 heteroatoms. The van der Waals surface area contributed by atoms with Crippen molar-refractivity contribution >= 4 is 0 Å². The molecule has 3 nitrogen and oxygen atoms in total. The van der Waals surface area contributed by atoms with Crippen molar-refractivity contribution in [3.63, 3.8) is 0 Å². The summed E-state index contributed by atoms with van der Waals surface area (Å²) in [6.07, 6.45) is 4.99. The zero-order chi connectivity index (χ0) is 15.3. The summed E-state index contributed by atoms with van der Waals surface area (Å²) in [5.41, 5.74) is 2.46. The molecule has 0 saturated carbocycles. The molecule has 1 aromatic rings. The van der Waals surface area contributed by atoms with Gasteiger partial charge in [-0.1, -0.05) is 38.3 Å². The molecule has 0 unspecified atom stereocenters. The second-order valence-electron chi connectivity index (χ2n) is 5.33. The maximum absolute atomic E-state index is 5.72. The average molecular weight is 294 g/mol. The van der Waals surface area contributed by atoms with E-state index in [1.165, 1.54) is 30.4 Å². The Kier molecular flexibility index (Phi) is 9.92. The summed E-state index contributed by atoms with van der Waals surface area (Å²) < 4.78 is 16.7. The highest BCUT2D eigenvalue weighted by Crippen LogP contribution is 2.20. The number of hydrogen-bond acceptors (Lipinski definition) is 3. The van der Waals surface area contributed by atoms with E-state index >= 15 is 0 Å². The van der Waals surface area contributed by atoms with Crippen molar-refractivity contribution in [1.29, 1.82) is 0 Å². The van der Waals surface area contributed by atoms with Crippen molar-refractivity contribution in [2.75, 3.05) is 33.0 Å². The Balaban J connectivity index is 1.94. The first-order valence-corrected chi connectivity index (χ1v) is 8.10. The molecule has 0 fully saturated rings. The first-order valence-electron chi connectivity index (χ1n) is 8.10. The van der Waals surface area contributed by atoms with E-state index in [4.69, 9.17) is 14.2 Å². The van der Waals surface area contributed by atoms with Crippen LogP contribution in [0.25, 0.3) is 0 Å². The van der Waals surface area contributed by atoms with Crippen LogP contribution in [0.15, 0.2) is 18.2 Å². The molecule has 0 aromatic heterocycles. The third-order valence-electron chi connectivity index (χ3n) is 3.55. The van der Waals surface area contributed by atoms with Crippen LogP contribution >= 0.6 is 0 Å². The topological polar surface area (TPSA) is 27.7 Å².